The van der Waals surface area contributed by atoms with E-state index in [4.69, 9.17) is 23.2 Å². The topological polar surface area (TPSA) is 66.5 Å². The lowest BCUT2D eigenvalue weighted by atomic mass is 10.1. The lowest BCUT2D eigenvalue weighted by Gasteiger charge is -2.15. The van der Waals surface area contributed by atoms with Crippen molar-refractivity contribution < 1.29 is 18.8 Å². The summed E-state index contributed by atoms with van der Waals surface area (Å²) in [5.41, 5.74) is 1.92. The predicted molar refractivity (Wildman–Crippen MR) is 118 cm³/mol. The van der Waals surface area contributed by atoms with Crippen molar-refractivity contribution in [1.29, 1.82) is 0 Å². The highest BCUT2D eigenvalue weighted by Crippen LogP contribution is 2.23. The molecule has 3 rings (SSSR count). The molecule has 0 aromatic heterocycles. The first-order valence-corrected chi connectivity index (χ1v) is 10.9. The zero-order chi connectivity index (χ0) is 22.4. The first kappa shape index (κ1) is 23.2. The van der Waals surface area contributed by atoms with Gasteiger partial charge in [0.15, 0.2) is 0 Å². The fraction of sp³-hybridized carbons (Fsp3) is 0.348. The first-order valence-electron chi connectivity index (χ1n) is 10.1. The number of nitrogens with zero attached hydrogens (tertiary/aromatic N) is 1. The van der Waals surface area contributed by atoms with Crippen LogP contribution in [0, 0.1) is 11.7 Å². The summed E-state index contributed by atoms with van der Waals surface area (Å²) in [7, 11) is 0. The first-order chi connectivity index (χ1) is 14.8. The van der Waals surface area contributed by atoms with Crippen LogP contribution in [0.1, 0.15) is 24.0 Å². The third-order valence-corrected chi connectivity index (χ3v) is 6.03. The highest BCUT2D eigenvalue weighted by molar-refractivity contribution is 6.42. The van der Waals surface area contributed by atoms with Gasteiger partial charge in [-0.3, -0.25) is 14.4 Å². The molecular weight excluding hydrogens is 442 g/mol. The maximum absolute atomic E-state index is 13.0. The second-order valence-electron chi connectivity index (χ2n) is 7.54. The molecule has 31 heavy (non-hydrogen) atoms. The van der Waals surface area contributed by atoms with Crippen molar-refractivity contribution in [2.45, 2.75) is 25.7 Å². The number of hydrogen-bond acceptors (Lipinski definition) is 3. The van der Waals surface area contributed by atoms with E-state index in [1.165, 1.54) is 17.0 Å². The van der Waals surface area contributed by atoms with Crippen LogP contribution < -0.4 is 5.32 Å². The summed E-state index contributed by atoms with van der Waals surface area (Å²) >= 11 is 11.9. The molecule has 1 N–H and O–H groups in total. The molecule has 0 spiro atoms. The molecule has 1 fully saturated rings. The van der Waals surface area contributed by atoms with Crippen LogP contribution in [0.3, 0.4) is 0 Å². The van der Waals surface area contributed by atoms with Crippen LogP contribution in [0.2, 0.25) is 10.0 Å². The standard InChI is InChI=1S/C23H23Cl2FN2O3/c24-19-9-6-16(13-20(19)25)3-1-2-11-27-22(30)18-14-28(23(31)21(18)29)12-10-15-4-7-17(26)8-5-15/h4-9,13,18H,1-3,10-12,14H2,(H,27,30). The molecule has 1 aliphatic heterocycles. The summed E-state index contributed by atoms with van der Waals surface area (Å²) in [6, 6.07) is 11.5. The van der Waals surface area contributed by atoms with Gasteiger partial charge in [-0.1, -0.05) is 41.4 Å². The molecule has 8 heteroatoms. The smallest absolute Gasteiger partial charge is 0.290 e. The summed E-state index contributed by atoms with van der Waals surface area (Å²) in [6.45, 7) is 0.811. The van der Waals surface area contributed by atoms with E-state index in [9.17, 15) is 18.8 Å². The van der Waals surface area contributed by atoms with Crippen molar-refractivity contribution in [2.24, 2.45) is 5.92 Å². The van der Waals surface area contributed by atoms with E-state index in [0.29, 0.717) is 29.6 Å². The number of rotatable bonds is 9. The Bertz CT molecular complexity index is 966. The molecule has 0 bridgehead atoms. The lowest BCUT2D eigenvalue weighted by molar-refractivity contribution is -0.142. The molecule has 1 atom stereocenters. The second-order valence-corrected chi connectivity index (χ2v) is 8.36. The molecular formula is C23H23Cl2FN2O3. The van der Waals surface area contributed by atoms with Crippen LogP contribution in [0.5, 0.6) is 0 Å². The van der Waals surface area contributed by atoms with E-state index in [1.807, 2.05) is 12.1 Å². The molecule has 2 aromatic rings. The molecule has 0 radical (unpaired) electrons. The maximum atomic E-state index is 13.0. The third kappa shape index (κ3) is 6.28. The highest BCUT2D eigenvalue weighted by atomic mass is 35.5. The van der Waals surface area contributed by atoms with Gasteiger partial charge in [0.05, 0.1) is 10.0 Å². The van der Waals surface area contributed by atoms with Gasteiger partial charge >= 0.3 is 0 Å². The van der Waals surface area contributed by atoms with Crippen molar-refractivity contribution in [1.82, 2.24) is 10.2 Å². The molecule has 2 amide bonds. The van der Waals surface area contributed by atoms with Crippen molar-refractivity contribution in [3.05, 3.63) is 69.5 Å². The Kier molecular flexibility index (Phi) is 8.04. The van der Waals surface area contributed by atoms with Gasteiger partial charge in [-0.2, -0.15) is 0 Å². The summed E-state index contributed by atoms with van der Waals surface area (Å²) in [6.07, 6.45) is 2.85. The van der Waals surface area contributed by atoms with Gasteiger partial charge in [-0.15, -0.1) is 0 Å². The largest absolute Gasteiger partial charge is 0.355 e. The summed E-state index contributed by atoms with van der Waals surface area (Å²) in [5, 5.41) is 3.78. The number of hydrogen-bond donors (Lipinski definition) is 1. The van der Waals surface area contributed by atoms with E-state index >= 15 is 0 Å². The van der Waals surface area contributed by atoms with Crippen LogP contribution in [0.15, 0.2) is 42.5 Å². The van der Waals surface area contributed by atoms with E-state index in [0.717, 1.165) is 30.4 Å². The Morgan fingerprint density at radius 2 is 1.71 bits per heavy atom. The quantitative estimate of drug-likeness (QED) is 0.348. The number of halogens is 3. The second kappa shape index (κ2) is 10.7. The Morgan fingerprint density at radius 1 is 1.00 bits per heavy atom. The molecule has 2 aromatic carbocycles. The van der Waals surface area contributed by atoms with Gasteiger partial charge in [0.25, 0.3) is 5.91 Å². The van der Waals surface area contributed by atoms with Crippen molar-refractivity contribution in [3.8, 4) is 0 Å². The number of likely N-dealkylation sites (tertiary alicyclic amines) is 1. The SMILES string of the molecule is O=C(NCCCCc1ccc(Cl)c(Cl)c1)C1CN(CCc2ccc(F)cc2)C(=O)C1=O. The average molecular weight is 465 g/mol. The molecule has 1 saturated heterocycles. The fourth-order valence-electron chi connectivity index (χ4n) is 3.49. The number of amides is 2. The van der Waals surface area contributed by atoms with Crippen LogP contribution in [0.4, 0.5) is 4.39 Å². The van der Waals surface area contributed by atoms with Gasteiger partial charge in [0, 0.05) is 19.6 Å². The minimum Gasteiger partial charge on any atom is -0.355 e. The van der Waals surface area contributed by atoms with Crippen molar-refractivity contribution >= 4 is 40.8 Å². The van der Waals surface area contributed by atoms with Gasteiger partial charge in [0.1, 0.15) is 11.7 Å². The van der Waals surface area contributed by atoms with Crippen LogP contribution in [-0.2, 0) is 27.2 Å². The Hall–Kier alpha value is -2.44. The van der Waals surface area contributed by atoms with E-state index in [1.54, 1.807) is 18.2 Å². The number of benzene rings is 2. The number of aryl methyl sites for hydroxylation is 1. The van der Waals surface area contributed by atoms with E-state index in [2.05, 4.69) is 5.32 Å². The third-order valence-electron chi connectivity index (χ3n) is 5.29. The Balaban J connectivity index is 1.40. The Morgan fingerprint density at radius 3 is 2.42 bits per heavy atom. The van der Waals surface area contributed by atoms with Crippen LogP contribution >= 0.6 is 23.2 Å². The molecule has 164 valence electrons. The normalized spacial score (nSPS) is 16.1. The van der Waals surface area contributed by atoms with Gasteiger partial charge in [-0.25, -0.2) is 4.39 Å². The molecule has 1 heterocycles. The summed E-state index contributed by atoms with van der Waals surface area (Å²) in [4.78, 5) is 38.2. The zero-order valence-electron chi connectivity index (χ0n) is 16.9. The van der Waals surface area contributed by atoms with Gasteiger partial charge < -0.3 is 10.2 Å². The van der Waals surface area contributed by atoms with E-state index in [-0.39, 0.29) is 12.4 Å². The Labute approximate surface area is 190 Å². The molecule has 0 aliphatic carbocycles. The fourth-order valence-corrected chi connectivity index (χ4v) is 3.81. The number of carbonyl (C=O) groups is 3. The minimum absolute atomic E-state index is 0.0773. The number of nitrogens with one attached hydrogen (secondary N) is 1. The molecule has 5 nitrogen and oxygen atoms in total. The van der Waals surface area contributed by atoms with Gasteiger partial charge in [-0.05, 0) is 61.1 Å². The highest BCUT2D eigenvalue weighted by Gasteiger charge is 2.42. The molecule has 1 aliphatic rings. The summed E-state index contributed by atoms with van der Waals surface area (Å²) < 4.78 is 13.0. The number of Topliss-reactive ketones (excluding diaryl/α,β-unsaturated/α-hetero) is 1. The molecule has 0 saturated carbocycles. The van der Waals surface area contributed by atoms with E-state index < -0.39 is 23.5 Å². The van der Waals surface area contributed by atoms with Crippen molar-refractivity contribution in [3.63, 3.8) is 0 Å². The summed E-state index contributed by atoms with van der Waals surface area (Å²) in [5.74, 6) is -3.04. The van der Waals surface area contributed by atoms with Gasteiger partial charge in [0.2, 0.25) is 11.7 Å². The number of ketones is 1. The minimum atomic E-state index is -0.976. The van der Waals surface area contributed by atoms with Crippen molar-refractivity contribution in [2.75, 3.05) is 19.6 Å². The predicted octanol–water partition coefficient (Wildman–Crippen LogP) is 3.84. The van der Waals surface area contributed by atoms with Crippen LogP contribution in [0.25, 0.3) is 0 Å². The number of carbonyl (C=O) groups excluding carboxylic acids is 3. The zero-order valence-corrected chi connectivity index (χ0v) is 18.4. The number of unbranched alkanes of at least 4 members (excludes halogenated alkanes) is 1. The molecule has 1 unspecified atom stereocenters. The monoisotopic (exact) mass is 464 g/mol. The maximum Gasteiger partial charge on any atom is 0.290 e. The van der Waals surface area contributed by atoms with Crippen LogP contribution in [-0.4, -0.2) is 42.1 Å². The lowest BCUT2D eigenvalue weighted by Crippen LogP contribution is -2.36. The average Bonchev–Trinajstić information content (AvgIpc) is 3.04.